The Kier molecular flexibility index (Phi) is 11.3. The van der Waals surface area contributed by atoms with Crippen LogP contribution in [0.4, 0.5) is 0 Å². The van der Waals surface area contributed by atoms with Crippen LogP contribution in [0, 0.1) is 0 Å². The van der Waals surface area contributed by atoms with Crippen LogP contribution in [0.3, 0.4) is 0 Å². The molecule has 2 aromatic carbocycles. The van der Waals surface area contributed by atoms with Crippen molar-refractivity contribution >= 4 is 11.9 Å². The predicted octanol–water partition coefficient (Wildman–Crippen LogP) is 4.71. The Morgan fingerprint density at radius 1 is 0.938 bits per heavy atom. The van der Waals surface area contributed by atoms with Gasteiger partial charge in [0, 0.05) is 26.1 Å². The summed E-state index contributed by atoms with van der Waals surface area (Å²) in [6.45, 7) is 5.54. The van der Waals surface area contributed by atoms with Crippen LogP contribution in [0.2, 0.25) is 0 Å². The van der Waals surface area contributed by atoms with Crippen LogP contribution in [0.15, 0.2) is 54.6 Å². The van der Waals surface area contributed by atoms with Crippen molar-refractivity contribution in [2.75, 3.05) is 19.8 Å². The Morgan fingerprint density at radius 2 is 1.66 bits per heavy atom. The molecule has 1 atom stereocenters. The topological polar surface area (TPSA) is 76.1 Å². The van der Waals surface area contributed by atoms with Crippen molar-refractivity contribution in [1.82, 2.24) is 4.90 Å². The number of rotatable bonds is 15. The van der Waals surface area contributed by atoms with Gasteiger partial charge in [-0.1, -0.05) is 68.7 Å². The summed E-state index contributed by atoms with van der Waals surface area (Å²) >= 11 is 0. The Bertz CT molecular complexity index is 807. The van der Waals surface area contributed by atoms with E-state index < -0.39 is 12.1 Å². The molecule has 2 rings (SSSR count). The summed E-state index contributed by atoms with van der Waals surface area (Å²) in [5.41, 5.74) is 1.94. The highest BCUT2D eigenvalue weighted by Gasteiger charge is 2.18. The van der Waals surface area contributed by atoms with Gasteiger partial charge in [-0.3, -0.25) is 4.79 Å². The maximum Gasteiger partial charge on any atom is 0.333 e. The predicted molar refractivity (Wildman–Crippen MR) is 125 cm³/mol. The van der Waals surface area contributed by atoms with E-state index in [1.165, 1.54) is 6.42 Å². The lowest BCUT2D eigenvalue weighted by Gasteiger charge is -2.23. The van der Waals surface area contributed by atoms with Gasteiger partial charge in [0.25, 0.3) is 5.91 Å². The van der Waals surface area contributed by atoms with Gasteiger partial charge in [0.05, 0.1) is 0 Å². The second-order valence-electron chi connectivity index (χ2n) is 7.78. The lowest BCUT2D eigenvalue weighted by Crippen LogP contribution is -2.35. The molecule has 1 amide bonds. The average Bonchev–Trinajstić information content (AvgIpc) is 2.80. The molecule has 0 bridgehead atoms. The zero-order valence-corrected chi connectivity index (χ0v) is 19.2. The van der Waals surface area contributed by atoms with E-state index in [4.69, 9.17) is 9.47 Å². The van der Waals surface area contributed by atoms with Gasteiger partial charge < -0.3 is 19.5 Å². The van der Waals surface area contributed by atoms with Crippen molar-refractivity contribution in [3.05, 3.63) is 65.7 Å². The number of hydrogen-bond donors (Lipinski definition) is 1. The fourth-order valence-corrected chi connectivity index (χ4v) is 3.42. The van der Waals surface area contributed by atoms with Crippen LogP contribution in [0.25, 0.3) is 0 Å². The van der Waals surface area contributed by atoms with E-state index in [1.54, 1.807) is 31.2 Å². The number of aliphatic carboxylic acids is 1. The molecule has 2 aromatic rings. The lowest BCUT2D eigenvalue weighted by atomic mass is 10.1. The molecular formula is C26H35NO5. The molecule has 0 saturated heterocycles. The molecule has 174 valence electrons. The normalized spacial score (nSPS) is 11.7. The first-order valence-corrected chi connectivity index (χ1v) is 11.4. The quantitative estimate of drug-likeness (QED) is 0.405. The van der Waals surface area contributed by atoms with Crippen molar-refractivity contribution in [3.8, 4) is 5.75 Å². The van der Waals surface area contributed by atoms with Gasteiger partial charge in [0.1, 0.15) is 5.75 Å². The molecule has 0 fully saturated rings. The Balaban J connectivity index is 1.91. The summed E-state index contributed by atoms with van der Waals surface area (Å²) in [4.78, 5) is 26.0. The van der Waals surface area contributed by atoms with Crippen LogP contribution in [0.1, 0.15) is 50.7 Å². The van der Waals surface area contributed by atoms with Crippen LogP contribution < -0.4 is 4.74 Å². The smallest absolute Gasteiger partial charge is 0.333 e. The fourth-order valence-electron chi connectivity index (χ4n) is 3.42. The summed E-state index contributed by atoms with van der Waals surface area (Å²) in [5.74, 6) is -0.442. The number of carbonyl (C=O) groups excluding carboxylic acids is 1. The molecule has 0 spiro atoms. The van der Waals surface area contributed by atoms with Gasteiger partial charge in [-0.25, -0.2) is 4.79 Å². The third-order valence-corrected chi connectivity index (χ3v) is 5.20. The highest BCUT2D eigenvalue weighted by atomic mass is 16.5. The molecule has 6 nitrogen and oxygen atoms in total. The average molecular weight is 442 g/mol. The minimum absolute atomic E-state index is 0.0311. The minimum atomic E-state index is -0.977. The Morgan fingerprint density at radius 3 is 2.28 bits per heavy atom. The third-order valence-electron chi connectivity index (χ3n) is 5.20. The summed E-state index contributed by atoms with van der Waals surface area (Å²) < 4.78 is 11.0. The molecule has 0 heterocycles. The molecule has 6 heteroatoms. The lowest BCUT2D eigenvalue weighted by molar-refractivity contribution is -0.150. The van der Waals surface area contributed by atoms with E-state index >= 15 is 0 Å². The van der Waals surface area contributed by atoms with Crippen molar-refractivity contribution in [3.63, 3.8) is 0 Å². The molecule has 1 N–H and O–H groups in total. The molecule has 32 heavy (non-hydrogen) atoms. The zero-order chi connectivity index (χ0) is 23.2. The number of ether oxygens (including phenoxy) is 2. The number of hydrogen-bond acceptors (Lipinski definition) is 4. The van der Waals surface area contributed by atoms with E-state index in [0.717, 1.165) is 30.4 Å². The number of benzene rings is 2. The van der Waals surface area contributed by atoms with E-state index in [9.17, 15) is 14.7 Å². The summed E-state index contributed by atoms with van der Waals surface area (Å²) in [6.07, 6.45) is 3.83. The van der Waals surface area contributed by atoms with Gasteiger partial charge in [-0.15, -0.1) is 0 Å². The number of carboxylic acid groups (broad SMARTS) is 1. The summed E-state index contributed by atoms with van der Waals surface area (Å²) in [7, 11) is 0. The van der Waals surface area contributed by atoms with Gasteiger partial charge >= 0.3 is 5.97 Å². The van der Waals surface area contributed by atoms with Gasteiger partial charge in [-0.05, 0) is 36.6 Å². The van der Waals surface area contributed by atoms with Crippen LogP contribution in [-0.2, 0) is 27.3 Å². The highest BCUT2D eigenvalue weighted by Crippen LogP contribution is 2.15. The van der Waals surface area contributed by atoms with Crippen molar-refractivity contribution in [2.45, 2.75) is 58.6 Å². The van der Waals surface area contributed by atoms with Crippen molar-refractivity contribution in [1.29, 1.82) is 0 Å². The van der Waals surface area contributed by atoms with Crippen LogP contribution in [-0.4, -0.2) is 47.7 Å². The van der Waals surface area contributed by atoms with Crippen LogP contribution >= 0.6 is 0 Å². The SMILES string of the molecule is CCCCCCN(Cc1ccccc1)C(=O)COc1ccc(CC(OCC)C(=O)O)cc1. The molecule has 0 radical (unpaired) electrons. The summed E-state index contributed by atoms with van der Waals surface area (Å²) in [5, 5.41) is 9.22. The van der Waals surface area contributed by atoms with Crippen molar-refractivity contribution in [2.24, 2.45) is 0 Å². The Hall–Kier alpha value is -2.86. The number of carboxylic acids is 1. The highest BCUT2D eigenvalue weighted by molar-refractivity contribution is 5.77. The number of amides is 1. The molecule has 0 aliphatic rings. The first-order valence-electron chi connectivity index (χ1n) is 11.4. The zero-order valence-electron chi connectivity index (χ0n) is 19.2. The molecular weight excluding hydrogens is 406 g/mol. The molecule has 0 aliphatic carbocycles. The van der Waals surface area contributed by atoms with Gasteiger partial charge in [-0.2, -0.15) is 0 Å². The van der Waals surface area contributed by atoms with Crippen LogP contribution in [0.5, 0.6) is 5.75 Å². The van der Waals surface area contributed by atoms with Gasteiger partial charge in [0.2, 0.25) is 0 Å². The molecule has 0 saturated carbocycles. The minimum Gasteiger partial charge on any atom is -0.484 e. The van der Waals surface area contributed by atoms with E-state index in [-0.39, 0.29) is 18.9 Å². The van der Waals surface area contributed by atoms with E-state index in [2.05, 4.69) is 6.92 Å². The Labute approximate surface area is 191 Å². The maximum absolute atomic E-state index is 12.9. The fraction of sp³-hybridized carbons (Fsp3) is 0.462. The van der Waals surface area contributed by atoms with E-state index in [0.29, 0.717) is 25.4 Å². The van der Waals surface area contributed by atoms with Crippen molar-refractivity contribution < 1.29 is 24.2 Å². The maximum atomic E-state index is 12.9. The molecule has 0 aromatic heterocycles. The molecule has 1 unspecified atom stereocenters. The third kappa shape index (κ3) is 9.10. The van der Waals surface area contributed by atoms with E-state index in [1.807, 2.05) is 35.2 Å². The second kappa shape index (κ2) is 14.2. The monoisotopic (exact) mass is 441 g/mol. The largest absolute Gasteiger partial charge is 0.484 e. The number of nitrogens with zero attached hydrogens (tertiary/aromatic N) is 1. The number of carbonyl (C=O) groups is 2. The summed E-state index contributed by atoms with van der Waals surface area (Å²) in [6, 6.07) is 17.1. The standard InChI is InChI=1S/C26H35NO5/c1-3-5-6-10-17-27(19-22-11-8-7-9-12-22)25(28)20-32-23-15-13-21(14-16-23)18-24(26(29)30)31-4-2/h7-9,11-16,24H,3-6,10,17-20H2,1-2H3,(H,29,30). The molecule has 0 aliphatic heterocycles. The second-order valence-corrected chi connectivity index (χ2v) is 7.78. The van der Waals surface area contributed by atoms with Gasteiger partial charge in [0.15, 0.2) is 12.7 Å². The number of unbranched alkanes of at least 4 members (excludes halogenated alkanes) is 3. The first-order chi connectivity index (χ1) is 15.5. The first kappa shape index (κ1) is 25.4.